The number of hydrogen-bond acceptors (Lipinski definition) is 3. The van der Waals surface area contributed by atoms with Crippen LogP contribution in [0.3, 0.4) is 0 Å². The van der Waals surface area contributed by atoms with E-state index in [-0.39, 0.29) is 0 Å². The molecule has 0 amide bonds. The van der Waals surface area contributed by atoms with Gasteiger partial charge < -0.3 is 10.7 Å². The summed E-state index contributed by atoms with van der Waals surface area (Å²) in [7, 11) is 0. The quantitative estimate of drug-likeness (QED) is 0.510. The van der Waals surface area contributed by atoms with E-state index in [0.29, 0.717) is 0 Å². The van der Waals surface area contributed by atoms with Gasteiger partial charge in [0.2, 0.25) is 0 Å². The Hall–Kier alpha value is -0.570. The fourth-order valence-corrected chi connectivity index (χ4v) is 0.948. The van der Waals surface area contributed by atoms with Crippen molar-refractivity contribution < 1.29 is 0 Å². The van der Waals surface area contributed by atoms with Crippen LogP contribution in [-0.4, -0.2) is 25.8 Å². The van der Waals surface area contributed by atoms with Crippen molar-refractivity contribution in [3.63, 3.8) is 0 Å². The van der Waals surface area contributed by atoms with Gasteiger partial charge in [0.1, 0.15) is 0 Å². The number of hydrogen-bond donors (Lipinski definition) is 2. The first-order valence-corrected chi connectivity index (χ1v) is 3.95. The first-order valence-electron chi connectivity index (χ1n) is 3.95. The molecule has 2 aliphatic heterocycles. The Labute approximate surface area is 61.9 Å². The Balaban J connectivity index is 0.0000001000. The summed E-state index contributed by atoms with van der Waals surface area (Å²) in [6.45, 7) is 3.53. The number of nitrogens with zero attached hydrogens (tertiary/aromatic N) is 1. The van der Waals surface area contributed by atoms with Crippen molar-refractivity contribution in [2.75, 3.05) is 19.6 Å². The molecule has 0 atom stereocenters. The first kappa shape index (κ1) is 7.54. The standard InChI is InChI=1S/C4H9N.C3H6N2/c2*1-2-4-5-3-1/h5H,1-4H2;2,5H,1,3H2. The molecule has 2 rings (SSSR count). The minimum Gasteiger partial charge on any atom is -0.317 e. The van der Waals surface area contributed by atoms with Gasteiger partial charge in [-0.2, -0.15) is 5.10 Å². The van der Waals surface area contributed by atoms with Gasteiger partial charge >= 0.3 is 0 Å². The lowest BCUT2D eigenvalue weighted by Gasteiger charge is -1.76. The Kier molecular flexibility index (Phi) is 3.94. The average molecular weight is 141 g/mol. The van der Waals surface area contributed by atoms with Gasteiger partial charge in [0.15, 0.2) is 0 Å². The highest BCUT2D eigenvalue weighted by Gasteiger charge is 1.93. The SMILES string of the molecule is C1=NNCC1.C1CCNC1. The Morgan fingerprint density at radius 1 is 1.10 bits per heavy atom. The fourth-order valence-electron chi connectivity index (χ4n) is 0.948. The maximum absolute atomic E-state index is 3.71. The summed E-state index contributed by atoms with van der Waals surface area (Å²) in [5, 5.41) is 6.93. The fraction of sp³-hybridized carbons (Fsp3) is 0.857. The van der Waals surface area contributed by atoms with Crippen molar-refractivity contribution in [3.05, 3.63) is 0 Å². The lowest BCUT2D eigenvalue weighted by molar-refractivity contribution is 0.813. The van der Waals surface area contributed by atoms with Crippen molar-refractivity contribution in [1.29, 1.82) is 0 Å². The zero-order chi connectivity index (χ0) is 7.07. The Morgan fingerprint density at radius 2 is 1.90 bits per heavy atom. The molecule has 0 saturated carbocycles. The summed E-state index contributed by atoms with van der Waals surface area (Å²) in [5.74, 6) is 0. The summed E-state index contributed by atoms with van der Waals surface area (Å²) < 4.78 is 0. The second-order valence-corrected chi connectivity index (χ2v) is 2.47. The van der Waals surface area contributed by atoms with Crippen LogP contribution in [0.1, 0.15) is 19.3 Å². The summed E-state index contributed by atoms with van der Waals surface area (Å²) in [5.41, 5.74) is 2.79. The maximum Gasteiger partial charge on any atom is 0.0379 e. The zero-order valence-corrected chi connectivity index (χ0v) is 6.27. The van der Waals surface area contributed by atoms with Crippen molar-refractivity contribution in [2.45, 2.75) is 19.3 Å². The van der Waals surface area contributed by atoms with Gasteiger partial charge in [0.05, 0.1) is 0 Å². The molecule has 58 valence electrons. The van der Waals surface area contributed by atoms with Gasteiger partial charge in [-0.05, 0) is 25.9 Å². The highest BCUT2D eigenvalue weighted by atomic mass is 15.3. The third kappa shape index (κ3) is 3.45. The lowest BCUT2D eigenvalue weighted by Crippen LogP contribution is -2.03. The molecule has 0 unspecified atom stereocenters. The highest BCUT2D eigenvalue weighted by Crippen LogP contribution is 1.90. The van der Waals surface area contributed by atoms with Crippen molar-refractivity contribution in [1.82, 2.24) is 10.7 Å². The molecule has 3 nitrogen and oxygen atoms in total. The molecule has 2 heterocycles. The monoisotopic (exact) mass is 141 g/mol. The molecule has 10 heavy (non-hydrogen) atoms. The number of nitrogens with one attached hydrogen (secondary N) is 2. The van der Waals surface area contributed by atoms with Crippen LogP contribution in [0.25, 0.3) is 0 Å². The molecule has 1 fully saturated rings. The van der Waals surface area contributed by atoms with Gasteiger partial charge in [-0.1, -0.05) is 0 Å². The number of rotatable bonds is 0. The minimum absolute atomic E-state index is 1.03. The molecule has 0 aromatic heterocycles. The second-order valence-electron chi connectivity index (χ2n) is 2.47. The molecule has 2 aliphatic rings. The molecule has 0 radical (unpaired) electrons. The molecular weight excluding hydrogens is 126 g/mol. The van der Waals surface area contributed by atoms with Crippen LogP contribution >= 0.6 is 0 Å². The molecule has 0 bridgehead atoms. The molecule has 1 saturated heterocycles. The largest absolute Gasteiger partial charge is 0.317 e. The molecule has 2 N–H and O–H groups in total. The van der Waals surface area contributed by atoms with Crippen molar-refractivity contribution >= 4 is 6.21 Å². The van der Waals surface area contributed by atoms with E-state index in [9.17, 15) is 0 Å². The molecule has 0 aromatic carbocycles. The summed E-state index contributed by atoms with van der Waals surface area (Å²) in [6, 6.07) is 0. The van der Waals surface area contributed by atoms with Gasteiger partial charge in [-0.15, -0.1) is 0 Å². The van der Waals surface area contributed by atoms with E-state index >= 15 is 0 Å². The second kappa shape index (κ2) is 5.23. The predicted molar refractivity (Wildman–Crippen MR) is 43.2 cm³/mol. The van der Waals surface area contributed by atoms with E-state index in [0.717, 1.165) is 13.0 Å². The first-order chi connectivity index (χ1) is 5.00. The van der Waals surface area contributed by atoms with Crippen molar-refractivity contribution in [3.8, 4) is 0 Å². The van der Waals surface area contributed by atoms with Crippen LogP contribution in [0.15, 0.2) is 5.10 Å². The van der Waals surface area contributed by atoms with Gasteiger partial charge in [0, 0.05) is 19.2 Å². The third-order valence-corrected chi connectivity index (χ3v) is 1.52. The third-order valence-electron chi connectivity index (χ3n) is 1.52. The van der Waals surface area contributed by atoms with Gasteiger partial charge in [-0.3, -0.25) is 0 Å². The molecule has 0 aromatic rings. The van der Waals surface area contributed by atoms with E-state index < -0.39 is 0 Å². The zero-order valence-electron chi connectivity index (χ0n) is 6.27. The summed E-state index contributed by atoms with van der Waals surface area (Å²) >= 11 is 0. The van der Waals surface area contributed by atoms with Crippen LogP contribution in [0.2, 0.25) is 0 Å². The van der Waals surface area contributed by atoms with Crippen LogP contribution in [0.4, 0.5) is 0 Å². The number of hydrazone groups is 1. The van der Waals surface area contributed by atoms with Crippen LogP contribution < -0.4 is 10.7 Å². The molecule has 0 aliphatic carbocycles. The molecule has 0 spiro atoms. The van der Waals surface area contributed by atoms with Crippen LogP contribution in [-0.2, 0) is 0 Å². The van der Waals surface area contributed by atoms with Gasteiger partial charge in [0.25, 0.3) is 0 Å². The highest BCUT2D eigenvalue weighted by molar-refractivity contribution is 5.58. The van der Waals surface area contributed by atoms with Crippen LogP contribution in [0.5, 0.6) is 0 Å². The van der Waals surface area contributed by atoms with Gasteiger partial charge in [-0.25, -0.2) is 0 Å². The predicted octanol–water partition coefficient (Wildman–Crippen LogP) is 0.335. The van der Waals surface area contributed by atoms with E-state index in [1.807, 2.05) is 6.21 Å². The maximum atomic E-state index is 3.71. The lowest BCUT2D eigenvalue weighted by atomic mass is 10.4. The summed E-state index contributed by atoms with van der Waals surface area (Å²) in [6.07, 6.45) is 5.75. The van der Waals surface area contributed by atoms with E-state index in [1.165, 1.54) is 25.9 Å². The van der Waals surface area contributed by atoms with Crippen molar-refractivity contribution in [2.24, 2.45) is 5.10 Å². The topological polar surface area (TPSA) is 36.4 Å². The smallest absolute Gasteiger partial charge is 0.0379 e. The van der Waals surface area contributed by atoms with Crippen LogP contribution in [0, 0.1) is 0 Å². The Bertz CT molecular complexity index is 83.4. The molecule has 3 heteroatoms. The molecular formula is C7H15N3. The normalized spacial score (nSPS) is 21.6. The van der Waals surface area contributed by atoms with E-state index in [4.69, 9.17) is 0 Å². The average Bonchev–Trinajstić information content (AvgIpc) is 2.67. The Morgan fingerprint density at radius 3 is 2.10 bits per heavy atom. The minimum atomic E-state index is 1.03. The summed E-state index contributed by atoms with van der Waals surface area (Å²) in [4.78, 5) is 0. The van der Waals surface area contributed by atoms with E-state index in [2.05, 4.69) is 15.8 Å². The van der Waals surface area contributed by atoms with E-state index in [1.54, 1.807) is 0 Å².